The Bertz CT molecular complexity index is 382. The Morgan fingerprint density at radius 1 is 1.24 bits per heavy atom. The average Bonchev–Trinajstić information content (AvgIpc) is 2.13. The standard InChI is InChI=1S/C13H17F2NO/c1-2-3-13(17)8-16(9-13)7-10-4-11(14)6-12(15)5-10/h4-6,17H,2-3,7-9H2,1H3. The molecule has 2 rings (SSSR count). The summed E-state index contributed by atoms with van der Waals surface area (Å²) < 4.78 is 25.9. The van der Waals surface area contributed by atoms with Crippen molar-refractivity contribution in [2.24, 2.45) is 0 Å². The molecule has 1 fully saturated rings. The van der Waals surface area contributed by atoms with E-state index in [4.69, 9.17) is 0 Å². The Hall–Kier alpha value is -1.00. The van der Waals surface area contributed by atoms with Crippen molar-refractivity contribution < 1.29 is 13.9 Å². The number of benzene rings is 1. The maximum atomic E-state index is 13.0. The van der Waals surface area contributed by atoms with Crippen LogP contribution in [0.5, 0.6) is 0 Å². The average molecular weight is 241 g/mol. The molecule has 0 spiro atoms. The van der Waals surface area contributed by atoms with Gasteiger partial charge in [-0.3, -0.25) is 4.90 Å². The lowest BCUT2D eigenvalue weighted by molar-refractivity contribution is -0.106. The van der Waals surface area contributed by atoms with Gasteiger partial charge in [0.05, 0.1) is 5.60 Å². The summed E-state index contributed by atoms with van der Waals surface area (Å²) in [6, 6.07) is 3.54. The summed E-state index contributed by atoms with van der Waals surface area (Å²) in [6.07, 6.45) is 1.72. The molecule has 0 radical (unpaired) electrons. The van der Waals surface area contributed by atoms with Crippen LogP contribution in [-0.2, 0) is 6.54 Å². The number of hydrogen-bond acceptors (Lipinski definition) is 2. The van der Waals surface area contributed by atoms with Crippen LogP contribution in [0.1, 0.15) is 25.3 Å². The lowest BCUT2D eigenvalue weighted by Gasteiger charge is -2.46. The molecule has 1 aliphatic heterocycles. The summed E-state index contributed by atoms with van der Waals surface area (Å²) in [6.45, 7) is 3.68. The van der Waals surface area contributed by atoms with Crippen LogP contribution in [-0.4, -0.2) is 28.7 Å². The van der Waals surface area contributed by atoms with Crippen molar-refractivity contribution >= 4 is 0 Å². The van der Waals surface area contributed by atoms with Gasteiger partial charge in [0.1, 0.15) is 11.6 Å². The van der Waals surface area contributed by atoms with Crippen LogP contribution in [0.3, 0.4) is 0 Å². The van der Waals surface area contributed by atoms with Crippen LogP contribution in [0.4, 0.5) is 8.78 Å². The smallest absolute Gasteiger partial charge is 0.126 e. The zero-order valence-corrected chi connectivity index (χ0v) is 9.92. The number of β-amino-alcohol motifs (C(OH)–C–C–N with tert-alkyl or cyclic N) is 1. The predicted octanol–water partition coefficient (Wildman–Crippen LogP) is 2.31. The van der Waals surface area contributed by atoms with E-state index in [1.165, 1.54) is 12.1 Å². The first kappa shape index (κ1) is 12.5. The summed E-state index contributed by atoms with van der Waals surface area (Å²) in [7, 11) is 0. The molecule has 2 nitrogen and oxygen atoms in total. The lowest BCUT2D eigenvalue weighted by atomic mass is 9.89. The molecule has 0 saturated carbocycles. The van der Waals surface area contributed by atoms with Crippen molar-refractivity contribution in [3.8, 4) is 0 Å². The molecule has 0 atom stereocenters. The van der Waals surface area contributed by atoms with Crippen molar-refractivity contribution in [1.82, 2.24) is 4.90 Å². The molecule has 0 amide bonds. The first-order valence-electron chi connectivity index (χ1n) is 5.90. The number of halogens is 2. The summed E-state index contributed by atoms with van der Waals surface area (Å²) in [5.41, 5.74) is 0.0155. The van der Waals surface area contributed by atoms with Crippen molar-refractivity contribution in [2.75, 3.05) is 13.1 Å². The van der Waals surface area contributed by atoms with E-state index in [1.54, 1.807) is 0 Å². The highest BCUT2D eigenvalue weighted by Crippen LogP contribution is 2.27. The van der Waals surface area contributed by atoms with Crippen molar-refractivity contribution in [3.63, 3.8) is 0 Å². The third-order valence-corrected chi connectivity index (χ3v) is 3.08. The van der Waals surface area contributed by atoms with Gasteiger partial charge in [-0.15, -0.1) is 0 Å². The van der Waals surface area contributed by atoms with E-state index >= 15 is 0 Å². The second-order valence-corrected chi connectivity index (χ2v) is 4.90. The van der Waals surface area contributed by atoms with Crippen LogP contribution in [0.25, 0.3) is 0 Å². The number of nitrogens with zero attached hydrogens (tertiary/aromatic N) is 1. The van der Waals surface area contributed by atoms with Crippen LogP contribution in [0.15, 0.2) is 18.2 Å². The highest BCUT2D eigenvalue weighted by molar-refractivity contribution is 5.18. The lowest BCUT2D eigenvalue weighted by Crippen LogP contribution is -2.60. The van der Waals surface area contributed by atoms with Crippen LogP contribution in [0, 0.1) is 11.6 Å². The van der Waals surface area contributed by atoms with E-state index in [0.717, 1.165) is 18.9 Å². The van der Waals surface area contributed by atoms with Gasteiger partial charge in [0.25, 0.3) is 0 Å². The molecule has 4 heteroatoms. The van der Waals surface area contributed by atoms with Gasteiger partial charge in [-0.2, -0.15) is 0 Å². The SMILES string of the molecule is CCCC1(O)CN(Cc2cc(F)cc(F)c2)C1. The van der Waals surface area contributed by atoms with E-state index in [2.05, 4.69) is 0 Å². The summed E-state index contributed by atoms with van der Waals surface area (Å²) in [5.74, 6) is -1.10. The number of aliphatic hydroxyl groups is 1. The second kappa shape index (κ2) is 4.70. The maximum Gasteiger partial charge on any atom is 0.126 e. The first-order valence-corrected chi connectivity index (χ1v) is 5.90. The molecular formula is C13H17F2NO. The van der Waals surface area contributed by atoms with Crippen molar-refractivity contribution in [1.29, 1.82) is 0 Å². The highest BCUT2D eigenvalue weighted by atomic mass is 19.1. The second-order valence-electron chi connectivity index (χ2n) is 4.90. The molecule has 1 aliphatic rings. The summed E-state index contributed by atoms with van der Waals surface area (Å²) in [5, 5.41) is 9.98. The minimum absolute atomic E-state index is 0.487. The van der Waals surface area contributed by atoms with Gasteiger partial charge in [-0.1, -0.05) is 13.3 Å². The Morgan fingerprint density at radius 3 is 2.35 bits per heavy atom. The quantitative estimate of drug-likeness (QED) is 0.874. The molecule has 94 valence electrons. The van der Waals surface area contributed by atoms with E-state index in [-0.39, 0.29) is 0 Å². The van der Waals surface area contributed by atoms with E-state index < -0.39 is 17.2 Å². The molecule has 0 bridgehead atoms. The molecule has 0 unspecified atom stereocenters. The van der Waals surface area contributed by atoms with Gasteiger partial charge in [-0.25, -0.2) is 8.78 Å². The normalized spacial score (nSPS) is 19.1. The fourth-order valence-corrected chi connectivity index (χ4v) is 2.48. The molecule has 0 aromatic heterocycles. The highest BCUT2D eigenvalue weighted by Gasteiger charge is 2.39. The molecule has 1 N–H and O–H groups in total. The van der Waals surface area contributed by atoms with Gasteiger partial charge >= 0.3 is 0 Å². The maximum absolute atomic E-state index is 13.0. The molecule has 1 aromatic carbocycles. The first-order chi connectivity index (χ1) is 8.00. The predicted molar refractivity (Wildman–Crippen MR) is 61.5 cm³/mol. The number of likely N-dealkylation sites (tertiary alicyclic amines) is 1. The van der Waals surface area contributed by atoms with E-state index in [0.29, 0.717) is 25.2 Å². The molecule has 1 heterocycles. The van der Waals surface area contributed by atoms with Gasteiger partial charge in [0, 0.05) is 25.7 Å². The van der Waals surface area contributed by atoms with Crippen LogP contribution < -0.4 is 0 Å². The Kier molecular flexibility index (Phi) is 3.45. The minimum atomic E-state index is -0.597. The third kappa shape index (κ3) is 3.01. The Labute approximate surface area is 99.9 Å². The van der Waals surface area contributed by atoms with Gasteiger partial charge in [-0.05, 0) is 24.1 Å². The Balaban J connectivity index is 1.91. The van der Waals surface area contributed by atoms with E-state index in [1.807, 2.05) is 11.8 Å². The topological polar surface area (TPSA) is 23.5 Å². The zero-order chi connectivity index (χ0) is 12.5. The molecular weight excluding hydrogens is 224 g/mol. The molecule has 0 aliphatic carbocycles. The van der Waals surface area contributed by atoms with Gasteiger partial charge in [0.15, 0.2) is 0 Å². The van der Waals surface area contributed by atoms with Crippen molar-refractivity contribution in [2.45, 2.75) is 31.9 Å². The molecule has 17 heavy (non-hydrogen) atoms. The minimum Gasteiger partial charge on any atom is -0.387 e. The molecule has 1 aromatic rings. The summed E-state index contributed by atoms with van der Waals surface area (Å²) in [4.78, 5) is 1.99. The van der Waals surface area contributed by atoms with Gasteiger partial charge in [0.2, 0.25) is 0 Å². The third-order valence-electron chi connectivity index (χ3n) is 3.08. The van der Waals surface area contributed by atoms with E-state index in [9.17, 15) is 13.9 Å². The van der Waals surface area contributed by atoms with Gasteiger partial charge < -0.3 is 5.11 Å². The fraction of sp³-hybridized carbons (Fsp3) is 0.538. The monoisotopic (exact) mass is 241 g/mol. The largest absolute Gasteiger partial charge is 0.387 e. The Morgan fingerprint density at radius 2 is 1.82 bits per heavy atom. The van der Waals surface area contributed by atoms with Crippen molar-refractivity contribution in [3.05, 3.63) is 35.4 Å². The molecule has 1 saturated heterocycles. The van der Waals surface area contributed by atoms with Crippen LogP contribution >= 0.6 is 0 Å². The zero-order valence-electron chi connectivity index (χ0n) is 9.92. The number of hydrogen-bond donors (Lipinski definition) is 1. The van der Waals surface area contributed by atoms with Crippen LogP contribution in [0.2, 0.25) is 0 Å². The fourth-order valence-electron chi connectivity index (χ4n) is 2.48. The number of rotatable bonds is 4. The summed E-state index contributed by atoms with van der Waals surface area (Å²) >= 11 is 0.